The highest BCUT2D eigenvalue weighted by Crippen LogP contribution is 2.49. The van der Waals surface area contributed by atoms with Crippen LogP contribution in [0.5, 0.6) is 11.5 Å². The van der Waals surface area contributed by atoms with Gasteiger partial charge in [0.15, 0.2) is 11.5 Å². The molecular weight excluding hydrogens is 795 g/mol. The summed E-state index contributed by atoms with van der Waals surface area (Å²) in [5.74, 6) is 1.75. The van der Waals surface area contributed by atoms with E-state index in [1.165, 1.54) is 71.0 Å². The van der Waals surface area contributed by atoms with Crippen molar-refractivity contribution in [2.24, 2.45) is 0 Å². The maximum atomic E-state index is 6.79. The minimum absolute atomic E-state index is 0.862. The predicted octanol–water partition coefficient (Wildman–Crippen LogP) is 16.3. The van der Waals surface area contributed by atoms with Crippen LogP contribution < -0.4 is 4.74 Å². The van der Waals surface area contributed by atoms with Crippen molar-refractivity contribution in [3.8, 4) is 50.8 Å². The first kappa shape index (κ1) is 34.7. The number of hydrogen-bond acceptors (Lipinski definition) is 2. The van der Waals surface area contributed by atoms with Gasteiger partial charge in [-0.2, -0.15) is 0 Å². The molecule has 0 fully saturated rings. The summed E-state index contributed by atoms with van der Waals surface area (Å²) in [6.45, 7) is 0. The fourth-order valence-corrected chi connectivity index (χ4v) is 11.0. The number of benzene rings is 10. The first-order chi connectivity index (χ1) is 32.2. The zero-order chi connectivity index (χ0) is 42.3. The number of furan rings is 1. The molecule has 1 aliphatic heterocycles. The Morgan fingerprint density at radius 1 is 0.308 bits per heavy atom. The number of para-hydroxylation sites is 6. The summed E-state index contributed by atoms with van der Waals surface area (Å²) >= 11 is 0. The van der Waals surface area contributed by atoms with E-state index in [0.717, 1.165) is 67.1 Å². The van der Waals surface area contributed by atoms with Gasteiger partial charge in [-0.3, -0.25) is 0 Å². The number of fused-ring (bicyclic) bond motifs is 14. The number of rotatable bonds is 4. The Bertz CT molecular complexity index is 4330. The van der Waals surface area contributed by atoms with Gasteiger partial charge in [-0.25, -0.2) is 0 Å². The van der Waals surface area contributed by atoms with Crippen LogP contribution in [0, 0.1) is 0 Å². The van der Waals surface area contributed by atoms with E-state index >= 15 is 0 Å². The van der Waals surface area contributed by atoms with Crippen molar-refractivity contribution in [1.29, 1.82) is 0 Å². The highest BCUT2D eigenvalue weighted by Gasteiger charge is 2.26. The van der Waals surface area contributed by atoms with Crippen LogP contribution in [-0.2, 0) is 0 Å². The third-order valence-corrected chi connectivity index (χ3v) is 13.8. The smallest absolute Gasteiger partial charge is 0.160 e. The second-order valence-corrected chi connectivity index (χ2v) is 17.3. The van der Waals surface area contributed by atoms with E-state index in [4.69, 9.17) is 9.15 Å². The van der Waals surface area contributed by atoms with Crippen molar-refractivity contribution < 1.29 is 9.15 Å². The summed E-state index contributed by atoms with van der Waals surface area (Å²) < 4.78 is 20.1. The van der Waals surface area contributed by atoms with Crippen LogP contribution in [-0.4, -0.2) is 13.7 Å². The molecule has 10 aromatic carbocycles. The van der Waals surface area contributed by atoms with Gasteiger partial charge in [0.2, 0.25) is 0 Å². The van der Waals surface area contributed by atoms with E-state index in [1.807, 2.05) is 18.2 Å². The topological polar surface area (TPSA) is 37.2 Å². The lowest BCUT2D eigenvalue weighted by atomic mass is 10.0. The number of aromatic nitrogens is 3. The summed E-state index contributed by atoms with van der Waals surface area (Å²) in [6, 6.07) is 76.6. The molecule has 0 amide bonds. The molecule has 0 saturated carbocycles. The van der Waals surface area contributed by atoms with Crippen LogP contribution in [0.15, 0.2) is 217 Å². The largest absolute Gasteiger partial charge is 0.456 e. The molecule has 14 aromatic rings. The summed E-state index contributed by atoms with van der Waals surface area (Å²) in [5.41, 5.74) is 16.6. The Morgan fingerprint density at radius 3 is 1.54 bits per heavy atom. The summed E-state index contributed by atoms with van der Waals surface area (Å²) in [6.07, 6.45) is 0. The van der Waals surface area contributed by atoms with Crippen LogP contribution in [0.2, 0.25) is 0 Å². The lowest BCUT2D eigenvalue weighted by molar-refractivity contribution is 0.478. The summed E-state index contributed by atoms with van der Waals surface area (Å²) in [5, 5.41) is 9.57. The molecule has 0 aliphatic carbocycles. The van der Waals surface area contributed by atoms with Gasteiger partial charge in [-0.15, -0.1) is 0 Å². The van der Waals surface area contributed by atoms with E-state index < -0.39 is 0 Å². The maximum absolute atomic E-state index is 6.79. The molecule has 0 saturated heterocycles. The predicted molar refractivity (Wildman–Crippen MR) is 268 cm³/mol. The maximum Gasteiger partial charge on any atom is 0.160 e. The minimum Gasteiger partial charge on any atom is -0.456 e. The normalized spacial score (nSPS) is 12.4. The summed E-state index contributed by atoms with van der Waals surface area (Å²) in [7, 11) is 0. The summed E-state index contributed by atoms with van der Waals surface area (Å²) in [4.78, 5) is 0. The van der Waals surface area contributed by atoms with Crippen molar-refractivity contribution in [1.82, 2.24) is 13.7 Å². The van der Waals surface area contributed by atoms with E-state index in [1.54, 1.807) is 0 Å². The Morgan fingerprint density at radius 2 is 0.831 bits per heavy atom. The quantitative estimate of drug-likeness (QED) is 0.177. The molecule has 5 heteroatoms. The van der Waals surface area contributed by atoms with Crippen molar-refractivity contribution >= 4 is 87.4 Å². The molecule has 0 spiro atoms. The third-order valence-electron chi connectivity index (χ3n) is 13.8. The molecule has 0 radical (unpaired) electrons. The van der Waals surface area contributed by atoms with E-state index in [2.05, 4.69) is 208 Å². The van der Waals surface area contributed by atoms with Crippen LogP contribution in [0.4, 0.5) is 0 Å². The second-order valence-electron chi connectivity index (χ2n) is 17.3. The van der Waals surface area contributed by atoms with Crippen molar-refractivity contribution in [3.63, 3.8) is 0 Å². The Kier molecular flexibility index (Phi) is 6.89. The number of nitrogens with zero attached hydrogens (tertiary/aromatic N) is 3. The zero-order valence-corrected chi connectivity index (χ0v) is 34.9. The van der Waals surface area contributed by atoms with Crippen LogP contribution in [0.25, 0.3) is 127 Å². The highest BCUT2D eigenvalue weighted by molar-refractivity contribution is 6.15. The molecular formula is C60H35N3O2. The molecule has 5 nitrogen and oxygen atoms in total. The monoisotopic (exact) mass is 829 g/mol. The third kappa shape index (κ3) is 4.81. The fraction of sp³-hybridized carbons (Fsp3) is 0. The Balaban J connectivity index is 0.840. The van der Waals surface area contributed by atoms with Gasteiger partial charge in [0.25, 0.3) is 0 Å². The van der Waals surface area contributed by atoms with Crippen LogP contribution in [0.3, 0.4) is 0 Å². The SMILES string of the molecule is c1ccc2c(c1)Oc1c(-c3ccc(-n4c5ccccc5c5cc(-c6ccc7c(c6)c6ccccc6n7-c6ccc7oc8ccccc8c7c6)ccc54)cc3)ccc3c4ccccc4n-2c13. The lowest BCUT2D eigenvalue weighted by Gasteiger charge is -2.23. The molecule has 0 unspecified atom stereocenters. The van der Waals surface area contributed by atoms with Gasteiger partial charge < -0.3 is 22.9 Å². The van der Waals surface area contributed by atoms with Crippen molar-refractivity contribution in [2.45, 2.75) is 0 Å². The molecule has 15 rings (SSSR count). The first-order valence-electron chi connectivity index (χ1n) is 22.2. The van der Waals surface area contributed by atoms with Gasteiger partial charge >= 0.3 is 0 Å². The molecule has 0 atom stereocenters. The van der Waals surface area contributed by atoms with Gasteiger partial charge in [-0.05, 0) is 114 Å². The Labute approximate surface area is 371 Å². The molecule has 302 valence electrons. The molecule has 1 aliphatic rings. The molecule has 65 heavy (non-hydrogen) atoms. The van der Waals surface area contributed by atoms with Crippen LogP contribution >= 0.6 is 0 Å². The average Bonchev–Trinajstić information content (AvgIpc) is 4.11. The minimum atomic E-state index is 0.862. The lowest BCUT2D eigenvalue weighted by Crippen LogP contribution is -2.05. The standard InChI is InChI=1S/C60H35N3O2/c1-7-17-52-42(11-1)46-29-28-41(60-59(46)63(52)55-18-8-10-20-58(55)65-60)36-21-25-39(26-22-36)61-50-15-5-2-12-43(50)47-33-37(23-30-53(47)61)38-24-31-54-48(34-38)44-13-3-6-16-51(44)62(54)40-27-32-57-49(35-40)45-14-4-9-19-56(45)64-57/h1-35H. The fourth-order valence-electron chi connectivity index (χ4n) is 11.0. The molecule has 0 N–H and O–H groups in total. The zero-order valence-electron chi connectivity index (χ0n) is 34.9. The van der Waals surface area contributed by atoms with E-state index in [-0.39, 0.29) is 0 Å². The molecule has 0 bridgehead atoms. The average molecular weight is 830 g/mol. The van der Waals surface area contributed by atoms with Gasteiger partial charge in [0.1, 0.15) is 11.2 Å². The highest BCUT2D eigenvalue weighted by atomic mass is 16.5. The number of ether oxygens (including phenoxy) is 1. The van der Waals surface area contributed by atoms with Crippen molar-refractivity contribution in [3.05, 3.63) is 212 Å². The van der Waals surface area contributed by atoms with E-state index in [9.17, 15) is 0 Å². The first-order valence-corrected chi connectivity index (χ1v) is 22.2. The van der Waals surface area contributed by atoms with Gasteiger partial charge in [-0.1, -0.05) is 115 Å². The Hall–Kier alpha value is -8.80. The molecule has 5 heterocycles. The van der Waals surface area contributed by atoms with Crippen LogP contribution in [0.1, 0.15) is 0 Å². The number of hydrogen-bond donors (Lipinski definition) is 0. The van der Waals surface area contributed by atoms with E-state index in [0.29, 0.717) is 0 Å². The van der Waals surface area contributed by atoms with Gasteiger partial charge in [0.05, 0.1) is 38.8 Å². The molecule has 4 aromatic heterocycles. The second kappa shape index (κ2) is 12.9. The van der Waals surface area contributed by atoms with Crippen molar-refractivity contribution in [2.75, 3.05) is 0 Å². The van der Waals surface area contributed by atoms with Gasteiger partial charge in [0, 0.05) is 60.0 Å².